The third kappa shape index (κ3) is 6.74. The molecule has 0 saturated heterocycles. The highest BCUT2D eigenvalue weighted by atomic mass is 16.4. The molecule has 1 aliphatic rings. The van der Waals surface area contributed by atoms with Crippen LogP contribution in [-0.4, -0.2) is 35.1 Å². The third-order valence-electron chi connectivity index (χ3n) is 4.83. The Kier molecular flexibility index (Phi) is 7.44. The molecule has 1 saturated carbocycles. The minimum atomic E-state index is -0.880. The summed E-state index contributed by atoms with van der Waals surface area (Å²) in [6.45, 7) is 0. The zero-order valence-corrected chi connectivity index (χ0v) is 14.8. The lowest BCUT2D eigenvalue weighted by Crippen LogP contribution is -2.48. The van der Waals surface area contributed by atoms with Crippen LogP contribution < -0.4 is 16.4 Å². The molecule has 142 valence electrons. The number of carbonyl (C=O) groups excluding carboxylic acids is 2. The van der Waals surface area contributed by atoms with Crippen molar-refractivity contribution in [3.05, 3.63) is 35.9 Å². The van der Waals surface area contributed by atoms with E-state index in [-0.39, 0.29) is 36.4 Å². The van der Waals surface area contributed by atoms with Crippen LogP contribution in [0.4, 0.5) is 4.79 Å². The van der Waals surface area contributed by atoms with Gasteiger partial charge in [0.25, 0.3) is 0 Å². The predicted octanol–water partition coefficient (Wildman–Crippen LogP) is 1.81. The molecular formula is C19H27N3O4. The van der Waals surface area contributed by atoms with Gasteiger partial charge in [0.1, 0.15) is 0 Å². The zero-order chi connectivity index (χ0) is 18.9. The van der Waals surface area contributed by atoms with Crippen LogP contribution in [-0.2, 0) is 16.0 Å². The van der Waals surface area contributed by atoms with E-state index in [0.717, 1.165) is 18.4 Å². The maximum atomic E-state index is 12.3. The minimum Gasteiger partial charge on any atom is -0.481 e. The SMILES string of the molecule is NC(=O)C1CCC(NC(=O)NC(CCC(=O)O)Cc2ccccc2)CC1. The highest BCUT2D eigenvalue weighted by Crippen LogP contribution is 2.23. The number of amides is 3. The molecule has 7 heteroatoms. The summed E-state index contributed by atoms with van der Waals surface area (Å²) in [5.74, 6) is -1.25. The first-order valence-corrected chi connectivity index (χ1v) is 9.06. The normalized spacial score (nSPS) is 20.8. The number of nitrogens with one attached hydrogen (secondary N) is 2. The molecule has 0 radical (unpaired) electrons. The first-order chi connectivity index (χ1) is 12.4. The molecule has 0 aromatic heterocycles. The smallest absolute Gasteiger partial charge is 0.315 e. The van der Waals surface area contributed by atoms with Crippen LogP contribution in [0, 0.1) is 5.92 Å². The standard InChI is InChI=1S/C19H27N3O4/c20-18(25)14-6-8-15(9-7-14)21-19(26)22-16(10-11-17(23)24)12-13-4-2-1-3-5-13/h1-5,14-16H,6-12H2,(H2,20,25)(H,23,24)(H2,21,22,26). The van der Waals surface area contributed by atoms with Gasteiger partial charge in [0, 0.05) is 24.4 Å². The van der Waals surface area contributed by atoms with Crippen molar-refractivity contribution in [2.45, 2.75) is 57.0 Å². The molecule has 5 N–H and O–H groups in total. The van der Waals surface area contributed by atoms with Gasteiger partial charge >= 0.3 is 12.0 Å². The van der Waals surface area contributed by atoms with Gasteiger partial charge in [0.2, 0.25) is 5.91 Å². The number of carboxylic acids is 1. The Hall–Kier alpha value is -2.57. The first-order valence-electron chi connectivity index (χ1n) is 9.06. The number of urea groups is 1. The molecule has 1 fully saturated rings. The number of aliphatic carboxylic acids is 1. The number of benzene rings is 1. The van der Waals surface area contributed by atoms with Crippen LogP contribution >= 0.6 is 0 Å². The molecule has 2 rings (SSSR count). The Morgan fingerprint density at radius 1 is 1.12 bits per heavy atom. The van der Waals surface area contributed by atoms with E-state index in [0.29, 0.717) is 25.7 Å². The lowest BCUT2D eigenvalue weighted by atomic mass is 9.86. The summed E-state index contributed by atoms with van der Waals surface area (Å²) in [7, 11) is 0. The second kappa shape index (κ2) is 9.79. The molecule has 3 amide bonds. The van der Waals surface area contributed by atoms with Crippen molar-refractivity contribution >= 4 is 17.9 Å². The largest absolute Gasteiger partial charge is 0.481 e. The van der Waals surface area contributed by atoms with Gasteiger partial charge in [0.15, 0.2) is 0 Å². The van der Waals surface area contributed by atoms with Crippen molar-refractivity contribution in [1.82, 2.24) is 10.6 Å². The zero-order valence-electron chi connectivity index (χ0n) is 14.8. The second-order valence-electron chi connectivity index (χ2n) is 6.89. The average molecular weight is 361 g/mol. The average Bonchev–Trinajstić information content (AvgIpc) is 2.61. The van der Waals surface area contributed by atoms with E-state index in [4.69, 9.17) is 10.8 Å². The molecule has 1 aromatic rings. The lowest BCUT2D eigenvalue weighted by molar-refractivity contribution is -0.137. The molecule has 1 atom stereocenters. The van der Waals surface area contributed by atoms with E-state index >= 15 is 0 Å². The van der Waals surface area contributed by atoms with Crippen LogP contribution in [0.2, 0.25) is 0 Å². The Bertz CT molecular complexity index is 612. The molecule has 26 heavy (non-hydrogen) atoms. The van der Waals surface area contributed by atoms with Gasteiger partial charge in [0.05, 0.1) is 0 Å². The Labute approximate surface area is 153 Å². The molecule has 1 unspecified atom stereocenters. The van der Waals surface area contributed by atoms with E-state index in [1.54, 1.807) is 0 Å². The summed E-state index contributed by atoms with van der Waals surface area (Å²) in [6, 6.07) is 9.13. The molecular weight excluding hydrogens is 334 g/mol. The number of hydrogen-bond donors (Lipinski definition) is 4. The number of hydrogen-bond acceptors (Lipinski definition) is 3. The monoisotopic (exact) mass is 361 g/mol. The van der Waals surface area contributed by atoms with Crippen molar-refractivity contribution in [3.8, 4) is 0 Å². The minimum absolute atomic E-state index is 0.00149. The molecule has 0 spiro atoms. The molecule has 0 bridgehead atoms. The Morgan fingerprint density at radius 2 is 1.77 bits per heavy atom. The fourth-order valence-electron chi connectivity index (χ4n) is 3.36. The quantitative estimate of drug-likeness (QED) is 0.564. The van der Waals surface area contributed by atoms with Gasteiger partial charge in [-0.2, -0.15) is 0 Å². The number of carboxylic acid groups (broad SMARTS) is 1. The van der Waals surface area contributed by atoms with Crippen molar-refractivity contribution in [2.24, 2.45) is 11.7 Å². The summed E-state index contributed by atoms with van der Waals surface area (Å²) in [5.41, 5.74) is 6.37. The third-order valence-corrected chi connectivity index (χ3v) is 4.83. The van der Waals surface area contributed by atoms with Crippen molar-refractivity contribution in [2.75, 3.05) is 0 Å². The molecule has 7 nitrogen and oxygen atoms in total. The van der Waals surface area contributed by atoms with E-state index in [2.05, 4.69) is 10.6 Å². The van der Waals surface area contributed by atoms with Gasteiger partial charge < -0.3 is 21.5 Å². The summed E-state index contributed by atoms with van der Waals surface area (Å²) in [5, 5.41) is 14.8. The van der Waals surface area contributed by atoms with Crippen LogP contribution in [0.25, 0.3) is 0 Å². The van der Waals surface area contributed by atoms with Crippen molar-refractivity contribution < 1.29 is 19.5 Å². The topological polar surface area (TPSA) is 122 Å². The molecule has 0 heterocycles. The molecule has 1 aromatic carbocycles. The van der Waals surface area contributed by atoms with Crippen LogP contribution in [0.3, 0.4) is 0 Å². The highest BCUT2D eigenvalue weighted by molar-refractivity contribution is 5.77. The van der Waals surface area contributed by atoms with Crippen molar-refractivity contribution in [1.29, 1.82) is 0 Å². The fraction of sp³-hybridized carbons (Fsp3) is 0.526. The summed E-state index contributed by atoms with van der Waals surface area (Å²) < 4.78 is 0. The highest BCUT2D eigenvalue weighted by Gasteiger charge is 2.26. The summed E-state index contributed by atoms with van der Waals surface area (Å²) >= 11 is 0. The first kappa shape index (κ1) is 19.8. The maximum Gasteiger partial charge on any atom is 0.315 e. The second-order valence-corrected chi connectivity index (χ2v) is 6.89. The summed E-state index contributed by atoms with van der Waals surface area (Å²) in [6.07, 6.45) is 3.77. The van der Waals surface area contributed by atoms with Crippen LogP contribution in [0.1, 0.15) is 44.1 Å². The van der Waals surface area contributed by atoms with Gasteiger partial charge in [-0.1, -0.05) is 30.3 Å². The predicted molar refractivity (Wildman–Crippen MR) is 97.4 cm³/mol. The van der Waals surface area contributed by atoms with Crippen LogP contribution in [0.5, 0.6) is 0 Å². The van der Waals surface area contributed by atoms with Gasteiger partial charge in [-0.25, -0.2) is 4.79 Å². The lowest BCUT2D eigenvalue weighted by Gasteiger charge is -2.28. The Morgan fingerprint density at radius 3 is 2.35 bits per heavy atom. The number of nitrogens with two attached hydrogens (primary N) is 1. The Balaban J connectivity index is 1.85. The fourth-order valence-corrected chi connectivity index (χ4v) is 3.36. The number of primary amides is 1. The summed E-state index contributed by atoms with van der Waals surface area (Å²) in [4.78, 5) is 34.4. The van der Waals surface area contributed by atoms with Crippen LogP contribution in [0.15, 0.2) is 30.3 Å². The van der Waals surface area contributed by atoms with E-state index < -0.39 is 5.97 Å². The number of rotatable bonds is 8. The number of carbonyl (C=O) groups is 3. The van der Waals surface area contributed by atoms with E-state index in [1.165, 1.54) is 0 Å². The molecule has 0 aliphatic heterocycles. The van der Waals surface area contributed by atoms with Crippen molar-refractivity contribution in [3.63, 3.8) is 0 Å². The van der Waals surface area contributed by atoms with E-state index in [1.807, 2.05) is 30.3 Å². The molecule has 1 aliphatic carbocycles. The maximum absolute atomic E-state index is 12.3. The van der Waals surface area contributed by atoms with Gasteiger partial charge in [-0.15, -0.1) is 0 Å². The van der Waals surface area contributed by atoms with Gasteiger partial charge in [-0.05, 0) is 44.1 Å². The van der Waals surface area contributed by atoms with Gasteiger partial charge in [-0.3, -0.25) is 9.59 Å². The van der Waals surface area contributed by atoms with E-state index in [9.17, 15) is 14.4 Å².